The van der Waals surface area contributed by atoms with Gasteiger partial charge in [-0.2, -0.15) is 0 Å². The molecule has 0 atom stereocenters. The third-order valence-electron chi connectivity index (χ3n) is 4.81. The molecule has 4 heteroatoms. The van der Waals surface area contributed by atoms with Crippen molar-refractivity contribution in [2.24, 2.45) is 5.41 Å². The van der Waals surface area contributed by atoms with Gasteiger partial charge < -0.3 is 0 Å². The SMILES string of the molecule is Cc1ccc(Br)c(N2C(=O)CC3(CCCCC3)CC2=O)c1. The summed E-state index contributed by atoms with van der Waals surface area (Å²) < 4.78 is 0.800. The van der Waals surface area contributed by atoms with Gasteiger partial charge in [-0.3, -0.25) is 9.59 Å². The number of aryl methyl sites for hydroxylation is 1. The van der Waals surface area contributed by atoms with Gasteiger partial charge in [0.05, 0.1) is 5.69 Å². The fourth-order valence-electron chi connectivity index (χ4n) is 3.72. The minimum Gasteiger partial charge on any atom is -0.274 e. The second-order valence-corrected chi connectivity index (χ2v) is 7.35. The molecule has 112 valence electrons. The summed E-state index contributed by atoms with van der Waals surface area (Å²) >= 11 is 3.46. The highest BCUT2D eigenvalue weighted by molar-refractivity contribution is 9.10. The number of carbonyl (C=O) groups is 2. The summed E-state index contributed by atoms with van der Waals surface area (Å²) in [4.78, 5) is 26.6. The van der Waals surface area contributed by atoms with Crippen LogP contribution >= 0.6 is 15.9 Å². The molecule has 0 N–H and O–H groups in total. The highest BCUT2D eigenvalue weighted by Gasteiger charge is 2.44. The number of rotatable bonds is 1. The van der Waals surface area contributed by atoms with Crippen LogP contribution in [0.25, 0.3) is 0 Å². The first-order chi connectivity index (χ1) is 10.0. The van der Waals surface area contributed by atoms with Crippen LogP contribution in [0.4, 0.5) is 5.69 Å². The summed E-state index contributed by atoms with van der Waals surface area (Å²) in [5, 5.41) is 0. The Morgan fingerprint density at radius 2 is 1.67 bits per heavy atom. The third kappa shape index (κ3) is 2.78. The van der Waals surface area contributed by atoms with E-state index in [1.807, 2.05) is 25.1 Å². The number of halogens is 1. The van der Waals surface area contributed by atoms with Crippen LogP contribution in [0, 0.1) is 12.3 Å². The highest BCUT2D eigenvalue weighted by atomic mass is 79.9. The summed E-state index contributed by atoms with van der Waals surface area (Å²) in [6, 6.07) is 5.77. The number of hydrogen-bond donors (Lipinski definition) is 0. The van der Waals surface area contributed by atoms with Gasteiger partial charge in [0.25, 0.3) is 0 Å². The average molecular weight is 350 g/mol. The van der Waals surface area contributed by atoms with Crippen molar-refractivity contribution in [2.75, 3.05) is 4.90 Å². The Kier molecular flexibility index (Phi) is 3.91. The molecule has 1 aliphatic heterocycles. The molecule has 0 unspecified atom stereocenters. The first-order valence-corrected chi connectivity index (χ1v) is 8.42. The van der Waals surface area contributed by atoms with Gasteiger partial charge in [0, 0.05) is 17.3 Å². The van der Waals surface area contributed by atoms with Crippen molar-refractivity contribution in [2.45, 2.75) is 51.9 Å². The Hall–Kier alpha value is -1.16. The third-order valence-corrected chi connectivity index (χ3v) is 5.48. The van der Waals surface area contributed by atoms with Crippen molar-refractivity contribution in [1.29, 1.82) is 0 Å². The highest BCUT2D eigenvalue weighted by Crippen LogP contribution is 2.46. The smallest absolute Gasteiger partial charge is 0.234 e. The minimum absolute atomic E-state index is 0.0422. The molecular formula is C17H20BrNO2. The van der Waals surface area contributed by atoms with Crippen LogP contribution in [-0.2, 0) is 9.59 Å². The fraction of sp³-hybridized carbons (Fsp3) is 0.529. The molecule has 21 heavy (non-hydrogen) atoms. The van der Waals surface area contributed by atoms with Crippen LogP contribution in [0.3, 0.4) is 0 Å². The van der Waals surface area contributed by atoms with Crippen LogP contribution in [-0.4, -0.2) is 11.8 Å². The molecule has 1 spiro atoms. The standard InChI is InChI=1S/C17H20BrNO2/c1-12-5-6-13(18)14(9-12)19-15(20)10-17(11-16(19)21)7-3-2-4-8-17/h5-6,9H,2-4,7-8,10-11H2,1H3. The van der Waals surface area contributed by atoms with Crippen LogP contribution in [0.1, 0.15) is 50.5 Å². The molecule has 0 radical (unpaired) electrons. The zero-order valence-corrected chi connectivity index (χ0v) is 13.9. The maximum atomic E-state index is 12.6. The topological polar surface area (TPSA) is 37.4 Å². The second-order valence-electron chi connectivity index (χ2n) is 6.49. The van der Waals surface area contributed by atoms with Crippen molar-refractivity contribution in [3.05, 3.63) is 28.2 Å². The lowest BCUT2D eigenvalue weighted by Crippen LogP contribution is -2.49. The molecule has 1 heterocycles. The monoisotopic (exact) mass is 349 g/mol. The number of piperidine rings is 1. The molecule has 1 aromatic carbocycles. The molecule has 3 nitrogen and oxygen atoms in total. The van der Waals surface area contributed by atoms with Gasteiger partial charge in [-0.05, 0) is 58.8 Å². The molecule has 1 aromatic rings. The molecular weight excluding hydrogens is 330 g/mol. The van der Waals surface area contributed by atoms with Crippen molar-refractivity contribution in [3.8, 4) is 0 Å². The number of carbonyl (C=O) groups excluding carboxylic acids is 2. The molecule has 1 saturated carbocycles. The van der Waals surface area contributed by atoms with Crippen LogP contribution in [0.15, 0.2) is 22.7 Å². The van der Waals surface area contributed by atoms with Crippen molar-refractivity contribution in [1.82, 2.24) is 0 Å². The van der Waals surface area contributed by atoms with E-state index in [1.165, 1.54) is 11.3 Å². The largest absolute Gasteiger partial charge is 0.274 e. The molecule has 0 bridgehead atoms. The molecule has 1 saturated heterocycles. The maximum Gasteiger partial charge on any atom is 0.234 e. The number of imide groups is 1. The van der Waals surface area contributed by atoms with Gasteiger partial charge >= 0.3 is 0 Å². The summed E-state index contributed by atoms with van der Waals surface area (Å²) in [6.07, 6.45) is 6.60. The number of anilines is 1. The van der Waals surface area contributed by atoms with Crippen LogP contribution in [0.5, 0.6) is 0 Å². The summed E-state index contributed by atoms with van der Waals surface area (Å²) in [5.74, 6) is -0.0844. The Labute approximate surface area is 133 Å². The van der Waals surface area contributed by atoms with E-state index in [0.717, 1.165) is 35.7 Å². The quantitative estimate of drug-likeness (QED) is 0.706. The van der Waals surface area contributed by atoms with Gasteiger partial charge in [-0.1, -0.05) is 25.3 Å². The first-order valence-electron chi connectivity index (χ1n) is 7.63. The normalized spacial score (nSPS) is 21.9. The lowest BCUT2D eigenvalue weighted by atomic mass is 9.67. The zero-order chi connectivity index (χ0) is 15.0. The number of nitrogens with zero attached hydrogens (tertiary/aromatic N) is 1. The lowest BCUT2D eigenvalue weighted by Gasteiger charge is -2.42. The van der Waals surface area contributed by atoms with Crippen molar-refractivity contribution in [3.63, 3.8) is 0 Å². The minimum atomic E-state index is -0.0563. The van der Waals surface area contributed by atoms with Crippen LogP contribution in [0.2, 0.25) is 0 Å². The summed E-state index contributed by atoms with van der Waals surface area (Å²) in [6.45, 7) is 1.97. The van der Waals surface area contributed by atoms with E-state index in [1.54, 1.807) is 0 Å². The summed E-state index contributed by atoms with van der Waals surface area (Å²) in [5.41, 5.74) is 1.68. The second kappa shape index (κ2) is 5.56. The van der Waals surface area contributed by atoms with E-state index in [9.17, 15) is 9.59 Å². The van der Waals surface area contributed by atoms with E-state index >= 15 is 0 Å². The Morgan fingerprint density at radius 1 is 1.05 bits per heavy atom. The Bertz CT molecular complexity index is 570. The molecule has 0 aromatic heterocycles. The molecule has 1 aliphatic carbocycles. The average Bonchev–Trinajstić information content (AvgIpc) is 2.42. The van der Waals surface area contributed by atoms with Gasteiger partial charge in [0.1, 0.15) is 0 Å². The lowest BCUT2D eigenvalue weighted by molar-refractivity contribution is -0.134. The van der Waals surface area contributed by atoms with Crippen molar-refractivity contribution < 1.29 is 9.59 Å². The number of hydrogen-bond acceptors (Lipinski definition) is 2. The van der Waals surface area contributed by atoms with E-state index in [4.69, 9.17) is 0 Å². The summed E-state index contributed by atoms with van der Waals surface area (Å²) in [7, 11) is 0. The predicted octanol–water partition coefficient (Wildman–Crippen LogP) is 4.36. The fourth-order valence-corrected chi connectivity index (χ4v) is 4.14. The van der Waals surface area contributed by atoms with Crippen LogP contribution < -0.4 is 4.90 Å². The van der Waals surface area contributed by atoms with E-state index in [0.29, 0.717) is 18.5 Å². The Morgan fingerprint density at radius 3 is 2.29 bits per heavy atom. The maximum absolute atomic E-state index is 12.6. The van der Waals surface area contributed by atoms with Crippen molar-refractivity contribution >= 4 is 33.4 Å². The molecule has 3 rings (SSSR count). The van der Waals surface area contributed by atoms with Gasteiger partial charge in [0.2, 0.25) is 11.8 Å². The van der Waals surface area contributed by atoms with Gasteiger partial charge in [-0.15, -0.1) is 0 Å². The molecule has 2 fully saturated rings. The predicted molar refractivity (Wildman–Crippen MR) is 86.1 cm³/mol. The zero-order valence-electron chi connectivity index (χ0n) is 12.3. The van der Waals surface area contributed by atoms with Gasteiger partial charge in [-0.25, -0.2) is 4.90 Å². The molecule has 2 amide bonds. The molecule has 2 aliphatic rings. The Balaban J connectivity index is 1.90. The number of benzene rings is 1. The van der Waals surface area contributed by atoms with E-state index < -0.39 is 0 Å². The van der Waals surface area contributed by atoms with Gasteiger partial charge in [0.15, 0.2) is 0 Å². The van der Waals surface area contributed by atoms with E-state index in [-0.39, 0.29) is 17.2 Å². The van der Waals surface area contributed by atoms with E-state index in [2.05, 4.69) is 15.9 Å². The first kappa shape index (κ1) is 14.8. The number of amides is 2.